The van der Waals surface area contributed by atoms with Crippen LogP contribution in [0, 0.1) is 5.92 Å². The summed E-state index contributed by atoms with van der Waals surface area (Å²) < 4.78 is 6.21. The molecule has 1 unspecified atom stereocenters. The monoisotopic (exact) mass is 386 g/mol. The van der Waals surface area contributed by atoms with Crippen LogP contribution >= 0.6 is 0 Å². The van der Waals surface area contributed by atoms with Crippen LogP contribution in [-0.4, -0.2) is 24.0 Å². The SMILES string of the molecule is C=CCN1C(=O)c2ccccc2NC1c1c(OCC(C)C)ccc2ccccc12. The summed E-state index contributed by atoms with van der Waals surface area (Å²) in [4.78, 5) is 15.1. The van der Waals surface area contributed by atoms with Gasteiger partial charge >= 0.3 is 0 Å². The molecule has 1 N–H and O–H groups in total. The van der Waals surface area contributed by atoms with Gasteiger partial charge in [-0.05, 0) is 34.9 Å². The molecule has 0 fully saturated rings. The van der Waals surface area contributed by atoms with Crippen molar-refractivity contribution in [3.63, 3.8) is 0 Å². The molecule has 29 heavy (non-hydrogen) atoms. The molecule has 148 valence electrons. The molecular weight excluding hydrogens is 360 g/mol. The van der Waals surface area contributed by atoms with E-state index in [1.165, 1.54) is 0 Å². The van der Waals surface area contributed by atoms with E-state index < -0.39 is 0 Å². The molecule has 0 aliphatic carbocycles. The smallest absolute Gasteiger partial charge is 0.258 e. The van der Waals surface area contributed by atoms with Gasteiger partial charge in [-0.15, -0.1) is 6.58 Å². The highest BCUT2D eigenvalue weighted by atomic mass is 16.5. The van der Waals surface area contributed by atoms with E-state index >= 15 is 0 Å². The summed E-state index contributed by atoms with van der Waals surface area (Å²) >= 11 is 0. The van der Waals surface area contributed by atoms with E-state index in [1.54, 1.807) is 6.08 Å². The molecule has 4 heteroatoms. The second-order valence-corrected chi connectivity index (χ2v) is 7.74. The van der Waals surface area contributed by atoms with Gasteiger partial charge in [0.1, 0.15) is 11.9 Å². The lowest BCUT2D eigenvalue weighted by Crippen LogP contribution is -2.43. The number of amides is 1. The molecule has 1 aliphatic rings. The van der Waals surface area contributed by atoms with Crippen molar-refractivity contribution in [3.05, 3.63) is 84.4 Å². The fourth-order valence-electron chi connectivity index (χ4n) is 3.79. The number of rotatable bonds is 6. The van der Waals surface area contributed by atoms with Gasteiger partial charge < -0.3 is 15.0 Å². The molecular formula is C25H26N2O2. The Morgan fingerprint density at radius 3 is 2.66 bits per heavy atom. The van der Waals surface area contributed by atoms with Crippen molar-refractivity contribution in [3.8, 4) is 5.75 Å². The summed E-state index contributed by atoms with van der Waals surface area (Å²) in [6.07, 6.45) is 1.42. The number of anilines is 1. The van der Waals surface area contributed by atoms with Crippen LogP contribution in [0.2, 0.25) is 0 Å². The predicted octanol–water partition coefficient (Wildman–Crippen LogP) is 5.63. The van der Waals surface area contributed by atoms with Gasteiger partial charge in [0.05, 0.1) is 12.2 Å². The van der Waals surface area contributed by atoms with Gasteiger partial charge in [-0.25, -0.2) is 0 Å². The van der Waals surface area contributed by atoms with Crippen LogP contribution in [0.4, 0.5) is 5.69 Å². The molecule has 0 bridgehead atoms. The Labute approximate surface area is 171 Å². The van der Waals surface area contributed by atoms with Crippen molar-refractivity contribution >= 4 is 22.4 Å². The van der Waals surface area contributed by atoms with E-state index in [9.17, 15) is 4.79 Å². The third kappa shape index (κ3) is 3.58. The lowest BCUT2D eigenvalue weighted by atomic mass is 9.97. The molecule has 0 spiro atoms. The Morgan fingerprint density at radius 2 is 1.86 bits per heavy atom. The quantitative estimate of drug-likeness (QED) is 0.559. The lowest BCUT2D eigenvalue weighted by Gasteiger charge is -2.38. The van der Waals surface area contributed by atoms with Crippen molar-refractivity contribution in [2.75, 3.05) is 18.5 Å². The highest BCUT2D eigenvalue weighted by Gasteiger charge is 2.34. The summed E-state index contributed by atoms with van der Waals surface area (Å²) in [7, 11) is 0. The number of carbonyl (C=O) groups is 1. The summed E-state index contributed by atoms with van der Waals surface area (Å²) in [6.45, 7) is 9.18. The lowest BCUT2D eigenvalue weighted by molar-refractivity contribution is 0.0706. The van der Waals surface area contributed by atoms with Crippen LogP contribution in [0.3, 0.4) is 0 Å². The van der Waals surface area contributed by atoms with Gasteiger partial charge in [0.15, 0.2) is 0 Å². The van der Waals surface area contributed by atoms with Crippen molar-refractivity contribution in [1.82, 2.24) is 4.90 Å². The van der Waals surface area contributed by atoms with Crippen LogP contribution < -0.4 is 10.1 Å². The second kappa shape index (κ2) is 8.00. The van der Waals surface area contributed by atoms with Gasteiger partial charge in [0, 0.05) is 17.8 Å². The molecule has 0 radical (unpaired) electrons. The Hall–Kier alpha value is -3.27. The normalized spacial score (nSPS) is 15.9. The van der Waals surface area contributed by atoms with Gasteiger partial charge in [-0.2, -0.15) is 0 Å². The zero-order valence-corrected chi connectivity index (χ0v) is 16.9. The number of nitrogens with one attached hydrogen (secondary N) is 1. The first-order valence-corrected chi connectivity index (χ1v) is 10.0. The van der Waals surface area contributed by atoms with Crippen LogP contribution in [0.1, 0.15) is 35.9 Å². The Morgan fingerprint density at radius 1 is 1.10 bits per heavy atom. The van der Waals surface area contributed by atoms with Crippen LogP contribution in [0.15, 0.2) is 73.3 Å². The average molecular weight is 386 g/mol. The number of nitrogens with zero attached hydrogens (tertiary/aromatic N) is 1. The van der Waals surface area contributed by atoms with E-state index in [0.717, 1.165) is 27.8 Å². The Balaban J connectivity index is 1.90. The number of carbonyl (C=O) groups excluding carboxylic acids is 1. The fraction of sp³-hybridized carbons (Fsp3) is 0.240. The maximum atomic E-state index is 13.3. The molecule has 0 saturated carbocycles. The molecule has 1 aliphatic heterocycles. The van der Waals surface area contributed by atoms with Gasteiger partial charge in [0.25, 0.3) is 5.91 Å². The van der Waals surface area contributed by atoms with E-state index in [4.69, 9.17) is 4.74 Å². The third-order valence-corrected chi connectivity index (χ3v) is 5.12. The predicted molar refractivity (Wildman–Crippen MR) is 118 cm³/mol. The summed E-state index contributed by atoms with van der Waals surface area (Å²) in [5.41, 5.74) is 2.49. The number of benzene rings is 3. The number of fused-ring (bicyclic) bond motifs is 2. The topological polar surface area (TPSA) is 41.6 Å². The van der Waals surface area contributed by atoms with Crippen molar-refractivity contribution in [2.24, 2.45) is 5.92 Å². The van der Waals surface area contributed by atoms with Crippen molar-refractivity contribution < 1.29 is 9.53 Å². The molecule has 4 rings (SSSR count). The minimum absolute atomic E-state index is 0.00741. The van der Waals surface area contributed by atoms with Crippen LogP contribution in [0.5, 0.6) is 5.75 Å². The molecule has 0 saturated heterocycles. The standard InChI is InChI=1S/C25H26N2O2/c1-4-15-27-24(26-21-12-8-7-11-20(21)25(27)28)23-19-10-6-5-9-18(19)13-14-22(23)29-16-17(2)3/h4-14,17,24,26H,1,15-16H2,2-3H3. The van der Waals surface area contributed by atoms with Crippen LogP contribution in [-0.2, 0) is 0 Å². The largest absolute Gasteiger partial charge is 0.493 e. The van der Waals surface area contributed by atoms with Crippen molar-refractivity contribution in [1.29, 1.82) is 0 Å². The van der Waals surface area contributed by atoms with E-state index in [-0.39, 0.29) is 12.1 Å². The maximum Gasteiger partial charge on any atom is 0.258 e. The summed E-state index contributed by atoms with van der Waals surface area (Å²) in [5.74, 6) is 1.20. The first-order valence-electron chi connectivity index (χ1n) is 10.0. The van der Waals surface area contributed by atoms with Gasteiger partial charge in [-0.1, -0.05) is 62.4 Å². The zero-order chi connectivity index (χ0) is 20.4. The molecule has 3 aromatic rings. The molecule has 1 atom stereocenters. The van der Waals surface area contributed by atoms with Gasteiger partial charge in [0.2, 0.25) is 0 Å². The first kappa shape index (κ1) is 19.1. The summed E-state index contributed by atoms with van der Waals surface area (Å²) in [5, 5.41) is 5.77. The molecule has 1 amide bonds. The first-order chi connectivity index (χ1) is 14.1. The summed E-state index contributed by atoms with van der Waals surface area (Å²) in [6, 6.07) is 19.9. The zero-order valence-electron chi connectivity index (χ0n) is 16.9. The maximum absolute atomic E-state index is 13.3. The fourth-order valence-corrected chi connectivity index (χ4v) is 3.79. The third-order valence-electron chi connectivity index (χ3n) is 5.12. The highest BCUT2D eigenvalue weighted by Crippen LogP contribution is 2.40. The van der Waals surface area contributed by atoms with E-state index in [1.807, 2.05) is 47.4 Å². The number of para-hydroxylation sites is 1. The molecule has 3 aromatic carbocycles. The van der Waals surface area contributed by atoms with Crippen molar-refractivity contribution in [2.45, 2.75) is 20.0 Å². The number of ether oxygens (including phenoxy) is 1. The van der Waals surface area contributed by atoms with E-state index in [2.05, 4.69) is 43.9 Å². The minimum Gasteiger partial charge on any atom is -0.493 e. The second-order valence-electron chi connectivity index (χ2n) is 7.74. The van der Waals surface area contributed by atoms with E-state index in [0.29, 0.717) is 24.6 Å². The molecule has 4 nitrogen and oxygen atoms in total. The average Bonchev–Trinajstić information content (AvgIpc) is 2.74. The number of hydrogen-bond acceptors (Lipinski definition) is 3. The Kier molecular flexibility index (Phi) is 5.26. The highest BCUT2D eigenvalue weighted by molar-refractivity contribution is 6.02. The van der Waals surface area contributed by atoms with Crippen LogP contribution in [0.25, 0.3) is 10.8 Å². The van der Waals surface area contributed by atoms with Gasteiger partial charge in [-0.3, -0.25) is 4.79 Å². The Bertz CT molecular complexity index is 1060. The molecule has 1 heterocycles. The minimum atomic E-state index is -0.344. The molecule has 0 aromatic heterocycles. The number of hydrogen-bond donors (Lipinski definition) is 1.